The van der Waals surface area contributed by atoms with Crippen LogP contribution in [0.25, 0.3) is 21.9 Å². The van der Waals surface area contributed by atoms with Crippen LogP contribution < -0.4 is 4.74 Å². The zero-order valence-corrected chi connectivity index (χ0v) is 11.6. The van der Waals surface area contributed by atoms with Crippen molar-refractivity contribution in [2.45, 2.75) is 13.8 Å². The normalized spacial score (nSPS) is 11.2. The summed E-state index contributed by atoms with van der Waals surface area (Å²) < 4.78 is 16.4. The molecule has 1 N–H and O–H groups in total. The number of methoxy groups -OCH3 is 1. The highest BCUT2D eigenvalue weighted by atomic mass is 16.5. The summed E-state index contributed by atoms with van der Waals surface area (Å²) in [6.45, 7) is 3.42. The number of aliphatic carboxylic acids is 1. The molecule has 0 aliphatic heterocycles. The lowest BCUT2D eigenvalue weighted by Crippen LogP contribution is -2.13. The minimum absolute atomic E-state index is 0.0155. The first kappa shape index (κ1) is 13.2. The number of hydrogen-bond acceptors (Lipinski definition) is 5. The first-order valence-electron chi connectivity index (χ1n) is 6.22. The number of hydrogen-bond donors (Lipinski definition) is 1. The average Bonchev–Trinajstić information content (AvgIpc) is 2.96. The lowest BCUT2D eigenvalue weighted by atomic mass is 10.0. The second-order valence-electron chi connectivity index (χ2n) is 4.74. The number of fused-ring (bicyclic) bond motifs is 2. The van der Waals surface area contributed by atoms with Gasteiger partial charge in [-0.1, -0.05) is 0 Å². The molecular formula is C15H12O6. The molecule has 0 atom stereocenters. The molecule has 21 heavy (non-hydrogen) atoms. The van der Waals surface area contributed by atoms with Crippen molar-refractivity contribution in [3.8, 4) is 5.75 Å². The van der Waals surface area contributed by atoms with Crippen molar-refractivity contribution >= 4 is 33.7 Å². The molecule has 3 rings (SSSR count). The molecule has 108 valence electrons. The SMILES string of the molecule is COc1c2cc(C)oc2c(C(=O)C(=O)O)c2cc(C)oc12. The van der Waals surface area contributed by atoms with Gasteiger partial charge in [0.15, 0.2) is 11.3 Å². The van der Waals surface area contributed by atoms with E-state index in [0.29, 0.717) is 33.6 Å². The van der Waals surface area contributed by atoms with E-state index in [4.69, 9.17) is 18.7 Å². The van der Waals surface area contributed by atoms with E-state index < -0.39 is 11.8 Å². The molecule has 2 heterocycles. The largest absolute Gasteiger partial charge is 0.492 e. The number of ketones is 1. The number of rotatable bonds is 3. The molecule has 0 saturated carbocycles. The van der Waals surface area contributed by atoms with Gasteiger partial charge in [-0.3, -0.25) is 4.79 Å². The molecule has 0 amide bonds. The molecule has 0 spiro atoms. The number of benzene rings is 1. The van der Waals surface area contributed by atoms with Crippen LogP contribution in [0.5, 0.6) is 5.75 Å². The van der Waals surface area contributed by atoms with Crippen molar-refractivity contribution < 1.29 is 28.3 Å². The van der Waals surface area contributed by atoms with Gasteiger partial charge in [0.1, 0.15) is 17.1 Å². The summed E-state index contributed by atoms with van der Waals surface area (Å²) in [5.41, 5.74) is 0.524. The third kappa shape index (κ3) is 1.79. The van der Waals surface area contributed by atoms with Gasteiger partial charge < -0.3 is 18.7 Å². The maximum absolute atomic E-state index is 12.0. The van der Waals surface area contributed by atoms with E-state index in [1.165, 1.54) is 7.11 Å². The summed E-state index contributed by atoms with van der Waals surface area (Å²) in [6.07, 6.45) is 0. The molecule has 0 saturated heterocycles. The number of aryl methyl sites for hydroxylation is 2. The topological polar surface area (TPSA) is 89.9 Å². The quantitative estimate of drug-likeness (QED) is 0.588. The van der Waals surface area contributed by atoms with Crippen LogP contribution >= 0.6 is 0 Å². The molecule has 6 heteroatoms. The third-order valence-corrected chi connectivity index (χ3v) is 3.28. The van der Waals surface area contributed by atoms with Crippen LogP contribution in [0.2, 0.25) is 0 Å². The van der Waals surface area contributed by atoms with Gasteiger partial charge in [0.05, 0.1) is 18.1 Å². The Kier molecular flexibility index (Phi) is 2.76. The summed E-state index contributed by atoms with van der Waals surface area (Å²) in [7, 11) is 1.48. The molecule has 2 aromatic heterocycles. The Balaban J connectivity index is 2.57. The van der Waals surface area contributed by atoms with Gasteiger partial charge in [-0.15, -0.1) is 0 Å². The van der Waals surface area contributed by atoms with Gasteiger partial charge in [0, 0.05) is 5.39 Å². The first-order valence-corrected chi connectivity index (χ1v) is 6.22. The fraction of sp³-hybridized carbons (Fsp3) is 0.200. The Hall–Kier alpha value is -2.76. The maximum atomic E-state index is 12.0. The summed E-state index contributed by atoms with van der Waals surface area (Å²) in [5.74, 6) is -1.07. The third-order valence-electron chi connectivity index (χ3n) is 3.28. The predicted molar refractivity (Wildman–Crippen MR) is 74.0 cm³/mol. The van der Waals surface area contributed by atoms with Crippen LogP contribution in [0, 0.1) is 13.8 Å². The summed E-state index contributed by atoms with van der Waals surface area (Å²) in [5, 5.41) is 9.93. The smallest absolute Gasteiger partial charge is 0.377 e. The minimum atomic E-state index is -1.55. The average molecular weight is 288 g/mol. The molecule has 0 bridgehead atoms. The van der Waals surface area contributed by atoms with Crippen molar-refractivity contribution in [1.29, 1.82) is 0 Å². The van der Waals surface area contributed by atoms with Crippen LogP contribution in [-0.2, 0) is 4.79 Å². The van der Waals surface area contributed by atoms with Crippen LogP contribution in [0.4, 0.5) is 0 Å². The van der Waals surface area contributed by atoms with Crippen molar-refractivity contribution in [3.05, 3.63) is 29.2 Å². The van der Waals surface area contributed by atoms with Crippen molar-refractivity contribution in [3.63, 3.8) is 0 Å². The Morgan fingerprint density at radius 2 is 1.62 bits per heavy atom. The molecule has 0 unspecified atom stereocenters. The number of furan rings is 2. The number of carboxylic acids is 1. The number of carboxylic acid groups (broad SMARTS) is 1. The Morgan fingerprint density at radius 1 is 1.05 bits per heavy atom. The second kappa shape index (κ2) is 4.37. The van der Waals surface area contributed by atoms with Gasteiger partial charge >= 0.3 is 5.97 Å². The molecule has 0 fully saturated rings. The Morgan fingerprint density at radius 3 is 2.19 bits per heavy atom. The summed E-state index contributed by atoms with van der Waals surface area (Å²) in [4.78, 5) is 23.2. The number of Topliss-reactive ketones (excluding diaryl/α,β-unsaturated/α-hetero) is 1. The zero-order chi connectivity index (χ0) is 15.3. The molecule has 1 aromatic carbocycles. The molecule has 0 radical (unpaired) electrons. The Bertz CT molecular complexity index is 838. The lowest BCUT2D eigenvalue weighted by Gasteiger charge is -2.06. The molecule has 3 aromatic rings. The van der Waals surface area contributed by atoms with E-state index >= 15 is 0 Å². The fourth-order valence-electron chi connectivity index (χ4n) is 2.52. The standard InChI is InChI=1S/C15H12O6/c1-6-4-8-10(11(16)15(17)18)12-9(5-7(2)20-12)13(19-3)14(8)21-6/h4-5H,1-3H3,(H,17,18). The number of carbonyl (C=O) groups excluding carboxylic acids is 1. The van der Waals surface area contributed by atoms with Gasteiger partial charge in [0.25, 0.3) is 5.78 Å². The van der Waals surface area contributed by atoms with Crippen LogP contribution in [-0.4, -0.2) is 24.0 Å². The Labute approximate surface area is 118 Å². The highest BCUT2D eigenvalue weighted by Gasteiger charge is 2.28. The minimum Gasteiger partial charge on any atom is -0.492 e. The van der Waals surface area contributed by atoms with E-state index in [1.807, 2.05) is 0 Å². The fourth-order valence-corrected chi connectivity index (χ4v) is 2.52. The van der Waals surface area contributed by atoms with Crippen molar-refractivity contribution in [1.82, 2.24) is 0 Å². The van der Waals surface area contributed by atoms with Crippen LogP contribution in [0.15, 0.2) is 21.0 Å². The van der Waals surface area contributed by atoms with E-state index in [2.05, 4.69) is 0 Å². The molecular weight excluding hydrogens is 276 g/mol. The van der Waals surface area contributed by atoms with Gasteiger partial charge in [-0.25, -0.2) is 4.79 Å². The first-order chi connectivity index (χ1) is 9.93. The molecule has 6 nitrogen and oxygen atoms in total. The van der Waals surface area contributed by atoms with Crippen LogP contribution in [0.3, 0.4) is 0 Å². The van der Waals surface area contributed by atoms with Gasteiger partial charge in [0.2, 0.25) is 0 Å². The lowest BCUT2D eigenvalue weighted by molar-refractivity contribution is -0.131. The predicted octanol–water partition coefficient (Wildman–Crippen LogP) is 3.07. The van der Waals surface area contributed by atoms with E-state index in [-0.39, 0.29) is 11.1 Å². The number of carbonyl (C=O) groups is 2. The van der Waals surface area contributed by atoms with E-state index in [0.717, 1.165) is 0 Å². The highest BCUT2D eigenvalue weighted by Crippen LogP contribution is 2.41. The highest BCUT2D eigenvalue weighted by molar-refractivity contribution is 6.45. The zero-order valence-electron chi connectivity index (χ0n) is 11.6. The molecule has 0 aliphatic rings. The number of ether oxygens (including phenoxy) is 1. The van der Waals surface area contributed by atoms with Gasteiger partial charge in [-0.05, 0) is 26.0 Å². The molecule has 0 aliphatic carbocycles. The van der Waals surface area contributed by atoms with Gasteiger partial charge in [-0.2, -0.15) is 0 Å². The maximum Gasteiger partial charge on any atom is 0.377 e. The second-order valence-corrected chi connectivity index (χ2v) is 4.74. The summed E-state index contributed by atoms with van der Waals surface area (Å²) in [6, 6.07) is 3.29. The summed E-state index contributed by atoms with van der Waals surface area (Å²) >= 11 is 0. The van der Waals surface area contributed by atoms with Crippen LogP contribution in [0.1, 0.15) is 21.9 Å². The van der Waals surface area contributed by atoms with E-state index in [1.54, 1.807) is 26.0 Å². The van der Waals surface area contributed by atoms with Crippen molar-refractivity contribution in [2.75, 3.05) is 7.11 Å². The van der Waals surface area contributed by atoms with Crippen molar-refractivity contribution in [2.24, 2.45) is 0 Å². The van der Waals surface area contributed by atoms with E-state index in [9.17, 15) is 9.59 Å². The monoisotopic (exact) mass is 288 g/mol.